The average Bonchev–Trinajstić information content (AvgIpc) is 2.10. The highest BCUT2D eigenvalue weighted by molar-refractivity contribution is 5.89. The molecule has 1 atom stereocenters. The molecule has 0 bridgehead atoms. The Bertz CT molecular complexity index is 253. The van der Waals surface area contributed by atoms with E-state index in [0.717, 1.165) is 12.8 Å². The number of ether oxygens (including phenoxy) is 1. The number of hydrogen-bond acceptors (Lipinski definition) is 3. The Morgan fingerprint density at radius 2 is 2.21 bits per heavy atom. The second kappa shape index (κ2) is 4.49. The van der Waals surface area contributed by atoms with E-state index >= 15 is 0 Å². The van der Waals surface area contributed by atoms with Gasteiger partial charge < -0.3 is 9.84 Å². The Labute approximate surface area is 84.8 Å². The van der Waals surface area contributed by atoms with Crippen molar-refractivity contribution in [1.29, 1.82) is 0 Å². The van der Waals surface area contributed by atoms with Gasteiger partial charge in [0.1, 0.15) is 11.9 Å². The molecule has 0 aromatic heterocycles. The summed E-state index contributed by atoms with van der Waals surface area (Å²) in [6.45, 7) is 5.85. The molecule has 0 saturated heterocycles. The number of rotatable bonds is 3. The second-order valence-electron chi connectivity index (χ2n) is 4.27. The van der Waals surface area contributed by atoms with Gasteiger partial charge in [-0.25, -0.2) is 4.79 Å². The normalized spacial score (nSPS) is 22.9. The van der Waals surface area contributed by atoms with Gasteiger partial charge in [0, 0.05) is 6.42 Å². The third kappa shape index (κ3) is 2.76. The summed E-state index contributed by atoms with van der Waals surface area (Å²) in [4.78, 5) is 11.2. The molecule has 0 aliphatic carbocycles. The first-order valence-electron chi connectivity index (χ1n) is 5.10. The van der Waals surface area contributed by atoms with Crippen molar-refractivity contribution in [1.82, 2.24) is 0 Å². The van der Waals surface area contributed by atoms with Crippen molar-refractivity contribution in [2.75, 3.05) is 0 Å². The van der Waals surface area contributed by atoms with Crippen LogP contribution in [0.3, 0.4) is 0 Å². The topological polar surface area (TPSA) is 46.5 Å². The molecule has 1 N–H and O–H groups in total. The fourth-order valence-corrected chi connectivity index (χ4v) is 1.45. The van der Waals surface area contributed by atoms with Gasteiger partial charge in [0.25, 0.3) is 0 Å². The van der Waals surface area contributed by atoms with E-state index in [2.05, 4.69) is 13.8 Å². The van der Waals surface area contributed by atoms with E-state index < -0.39 is 0 Å². The van der Waals surface area contributed by atoms with Crippen LogP contribution < -0.4 is 0 Å². The third-order valence-electron chi connectivity index (χ3n) is 2.50. The summed E-state index contributed by atoms with van der Waals surface area (Å²) in [6.07, 6.45) is 2.20. The lowest BCUT2D eigenvalue weighted by molar-refractivity contribution is -0.147. The fraction of sp³-hybridized carbons (Fsp3) is 0.727. The summed E-state index contributed by atoms with van der Waals surface area (Å²) in [6, 6.07) is 0. The van der Waals surface area contributed by atoms with Gasteiger partial charge in [0.05, 0.1) is 5.57 Å². The molecule has 0 aromatic rings. The van der Waals surface area contributed by atoms with Crippen LogP contribution in [0.25, 0.3) is 0 Å². The summed E-state index contributed by atoms with van der Waals surface area (Å²) in [7, 11) is 0. The minimum absolute atomic E-state index is 0.131. The molecule has 14 heavy (non-hydrogen) atoms. The quantitative estimate of drug-likeness (QED) is 0.709. The van der Waals surface area contributed by atoms with Crippen molar-refractivity contribution in [3.8, 4) is 0 Å². The van der Waals surface area contributed by atoms with E-state index in [4.69, 9.17) is 4.74 Å². The Morgan fingerprint density at radius 1 is 1.57 bits per heavy atom. The molecule has 0 fully saturated rings. The molecule has 1 rings (SSSR count). The molecule has 80 valence electrons. The first-order chi connectivity index (χ1) is 6.50. The van der Waals surface area contributed by atoms with E-state index in [1.807, 2.05) is 0 Å². The summed E-state index contributed by atoms with van der Waals surface area (Å²) in [5.74, 6) is 0.417. The number of esters is 1. The molecule has 0 amide bonds. The summed E-state index contributed by atoms with van der Waals surface area (Å²) in [5.41, 5.74) is 0.353. The molecule has 1 aliphatic rings. The Kier molecular flexibility index (Phi) is 3.55. The van der Waals surface area contributed by atoms with Crippen LogP contribution >= 0.6 is 0 Å². The minimum atomic E-state index is -0.373. The van der Waals surface area contributed by atoms with Crippen molar-refractivity contribution >= 4 is 5.97 Å². The fourth-order valence-electron chi connectivity index (χ4n) is 1.45. The molecule has 0 spiro atoms. The zero-order chi connectivity index (χ0) is 10.7. The predicted molar refractivity (Wildman–Crippen MR) is 53.9 cm³/mol. The van der Waals surface area contributed by atoms with Crippen molar-refractivity contribution < 1.29 is 14.6 Å². The lowest BCUT2D eigenvalue weighted by atomic mass is 9.99. The van der Waals surface area contributed by atoms with Crippen LogP contribution in [-0.2, 0) is 9.53 Å². The number of aliphatic hydroxyl groups is 1. The summed E-state index contributed by atoms with van der Waals surface area (Å²) in [5, 5.41) is 9.46. The first kappa shape index (κ1) is 11.1. The highest BCUT2D eigenvalue weighted by Crippen LogP contribution is 2.23. The molecule has 3 nitrogen and oxygen atoms in total. The lowest BCUT2D eigenvalue weighted by Gasteiger charge is -2.23. The summed E-state index contributed by atoms with van der Waals surface area (Å²) >= 11 is 0. The van der Waals surface area contributed by atoms with Crippen molar-refractivity contribution in [2.45, 2.75) is 46.1 Å². The average molecular weight is 198 g/mol. The highest BCUT2D eigenvalue weighted by atomic mass is 16.5. The smallest absolute Gasteiger partial charge is 0.337 e. The zero-order valence-corrected chi connectivity index (χ0v) is 9.04. The van der Waals surface area contributed by atoms with Crippen molar-refractivity contribution in [2.24, 2.45) is 5.92 Å². The lowest BCUT2D eigenvalue weighted by Crippen LogP contribution is -2.26. The molecule has 0 unspecified atom stereocenters. The maximum Gasteiger partial charge on any atom is 0.337 e. The van der Waals surface area contributed by atoms with Gasteiger partial charge in [-0.05, 0) is 25.7 Å². The van der Waals surface area contributed by atoms with Crippen molar-refractivity contribution in [3.05, 3.63) is 11.3 Å². The van der Waals surface area contributed by atoms with Crippen LogP contribution in [0.15, 0.2) is 11.3 Å². The minimum Gasteiger partial charge on any atom is -0.512 e. The highest BCUT2D eigenvalue weighted by Gasteiger charge is 2.25. The van der Waals surface area contributed by atoms with E-state index in [9.17, 15) is 9.90 Å². The van der Waals surface area contributed by atoms with Crippen LogP contribution in [0.4, 0.5) is 0 Å². The van der Waals surface area contributed by atoms with E-state index in [-0.39, 0.29) is 17.8 Å². The maximum absolute atomic E-state index is 11.2. The zero-order valence-electron chi connectivity index (χ0n) is 9.04. The Morgan fingerprint density at radius 3 is 2.71 bits per heavy atom. The van der Waals surface area contributed by atoms with Gasteiger partial charge in [-0.3, -0.25) is 0 Å². The SMILES string of the molecule is CC1=C(O)C[C@H](CCC(C)C)OC1=O. The van der Waals surface area contributed by atoms with Gasteiger partial charge in [-0.1, -0.05) is 13.8 Å². The van der Waals surface area contributed by atoms with Gasteiger partial charge in [0.2, 0.25) is 0 Å². The Hall–Kier alpha value is -0.990. The molecule has 0 radical (unpaired) electrons. The number of carbonyl (C=O) groups is 1. The van der Waals surface area contributed by atoms with Crippen LogP contribution in [0.1, 0.15) is 40.0 Å². The molecular weight excluding hydrogens is 180 g/mol. The van der Waals surface area contributed by atoms with Crippen LogP contribution in [0.2, 0.25) is 0 Å². The van der Waals surface area contributed by atoms with E-state index in [1.54, 1.807) is 6.92 Å². The maximum atomic E-state index is 11.2. The number of cyclic esters (lactones) is 1. The third-order valence-corrected chi connectivity index (χ3v) is 2.50. The van der Waals surface area contributed by atoms with Gasteiger partial charge in [-0.15, -0.1) is 0 Å². The van der Waals surface area contributed by atoms with E-state index in [0.29, 0.717) is 17.9 Å². The number of hydrogen-bond donors (Lipinski definition) is 1. The monoisotopic (exact) mass is 198 g/mol. The second-order valence-corrected chi connectivity index (χ2v) is 4.27. The molecule has 3 heteroatoms. The standard InChI is InChI=1S/C11H18O3/c1-7(2)4-5-9-6-10(12)8(3)11(13)14-9/h7,9,12H,4-6H2,1-3H3/t9-/m0/s1. The molecule has 1 aliphatic heterocycles. The molecule has 0 saturated carbocycles. The Balaban J connectivity index is 2.49. The largest absolute Gasteiger partial charge is 0.512 e. The molecule has 0 aromatic carbocycles. The van der Waals surface area contributed by atoms with Gasteiger partial charge in [0.15, 0.2) is 0 Å². The van der Waals surface area contributed by atoms with Gasteiger partial charge in [-0.2, -0.15) is 0 Å². The summed E-state index contributed by atoms with van der Waals surface area (Å²) < 4.78 is 5.16. The predicted octanol–water partition coefficient (Wildman–Crippen LogP) is 2.57. The van der Waals surface area contributed by atoms with Crippen LogP contribution in [0, 0.1) is 5.92 Å². The van der Waals surface area contributed by atoms with Crippen LogP contribution in [0.5, 0.6) is 0 Å². The molecular formula is C11H18O3. The first-order valence-corrected chi connectivity index (χ1v) is 5.10. The van der Waals surface area contributed by atoms with Gasteiger partial charge >= 0.3 is 5.97 Å². The molecule has 1 heterocycles. The van der Waals surface area contributed by atoms with E-state index in [1.165, 1.54) is 0 Å². The number of carbonyl (C=O) groups excluding carboxylic acids is 1. The van der Waals surface area contributed by atoms with Crippen molar-refractivity contribution in [3.63, 3.8) is 0 Å². The van der Waals surface area contributed by atoms with Crippen LogP contribution in [-0.4, -0.2) is 17.2 Å². The number of aliphatic hydroxyl groups excluding tert-OH is 1.